The normalized spacial score (nSPS) is 32.1. The van der Waals surface area contributed by atoms with Gasteiger partial charge >= 0.3 is 12.0 Å². The average Bonchev–Trinajstić information content (AvgIpc) is 3.08. The van der Waals surface area contributed by atoms with E-state index in [1.165, 1.54) is 0 Å². The van der Waals surface area contributed by atoms with E-state index >= 15 is 0 Å². The van der Waals surface area contributed by atoms with Crippen LogP contribution in [0.15, 0.2) is 0 Å². The van der Waals surface area contributed by atoms with Crippen LogP contribution in [-0.4, -0.2) is 65.4 Å². The number of nitrogens with one attached hydrogen (secondary N) is 1. The lowest BCUT2D eigenvalue weighted by Crippen LogP contribution is -2.53. The van der Waals surface area contributed by atoms with E-state index in [1.54, 1.807) is 16.7 Å². The summed E-state index contributed by atoms with van der Waals surface area (Å²) in [6, 6.07) is -0.348. The molecule has 6 nitrogen and oxygen atoms in total. The van der Waals surface area contributed by atoms with Gasteiger partial charge in [0.2, 0.25) is 0 Å². The Labute approximate surface area is 129 Å². The molecule has 1 aliphatic heterocycles. The van der Waals surface area contributed by atoms with Crippen LogP contribution in [0, 0.1) is 5.92 Å². The Kier molecular flexibility index (Phi) is 5.75. The molecule has 0 aromatic heterocycles. The number of nitrogens with zero attached hydrogens (tertiary/aromatic N) is 1. The first-order chi connectivity index (χ1) is 10.1. The summed E-state index contributed by atoms with van der Waals surface area (Å²) in [5.74, 6) is -1.53. The molecule has 4 unspecified atom stereocenters. The van der Waals surface area contributed by atoms with Crippen LogP contribution in [0.3, 0.4) is 0 Å². The minimum atomic E-state index is -0.897. The Hall–Kier alpha value is -0.950. The van der Waals surface area contributed by atoms with E-state index in [1.807, 2.05) is 6.92 Å². The van der Waals surface area contributed by atoms with Gasteiger partial charge in [-0.25, -0.2) is 4.79 Å². The summed E-state index contributed by atoms with van der Waals surface area (Å²) >= 11 is 1.79. The maximum Gasteiger partial charge on any atom is 0.317 e. The molecule has 1 heterocycles. The number of carbonyl (C=O) groups excluding carboxylic acids is 1. The van der Waals surface area contributed by atoms with Crippen LogP contribution in [0.4, 0.5) is 4.79 Å². The molecule has 0 aromatic carbocycles. The molecule has 4 atom stereocenters. The molecule has 1 saturated heterocycles. The highest BCUT2D eigenvalue weighted by Crippen LogP contribution is 2.29. The zero-order chi connectivity index (χ0) is 15.4. The molecule has 1 aliphatic carbocycles. The number of hydrogen-bond acceptors (Lipinski definition) is 4. The van der Waals surface area contributed by atoms with Gasteiger partial charge < -0.3 is 20.1 Å². The summed E-state index contributed by atoms with van der Waals surface area (Å²) < 4.78 is 5.27. The number of hydrogen-bond donors (Lipinski definition) is 2. The largest absolute Gasteiger partial charge is 0.481 e. The number of aliphatic carboxylic acids is 1. The zero-order valence-electron chi connectivity index (χ0n) is 12.6. The number of ether oxygens (including phenoxy) is 1. The van der Waals surface area contributed by atoms with Gasteiger partial charge in [0.15, 0.2) is 0 Å². The molecule has 7 heteroatoms. The summed E-state index contributed by atoms with van der Waals surface area (Å²) in [5.41, 5.74) is 0. The number of rotatable bonds is 5. The lowest BCUT2D eigenvalue weighted by molar-refractivity contribution is -0.142. The van der Waals surface area contributed by atoms with E-state index in [0.717, 1.165) is 19.3 Å². The number of carboxylic acids is 1. The molecule has 0 bridgehead atoms. The van der Waals surface area contributed by atoms with Crippen molar-refractivity contribution in [3.05, 3.63) is 0 Å². The van der Waals surface area contributed by atoms with E-state index in [9.17, 15) is 14.7 Å². The molecular weight excluding hydrogens is 292 g/mol. The summed E-state index contributed by atoms with van der Waals surface area (Å²) in [4.78, 5) is 25.4. The SMILES string of the molecule is CCN(C(=O)NC1CCCC1SC)C1COCC1C(=O)O. The second-order valence-corrected chi connectivity index (χ2v) is 6.67. The van der Waals surface area contributed by atoms with Gasteiger partial charge in [0, 0.05) is 17.8 Å². The molecule has 0 spiro atoms. The highest BCUT2D eigenvalue weighted by Gasteiger charge is 2.40. The van der Waals surface area contributed by atoms with Crippen LogP contribution in [0.25, 0.3) is 0 Å². The van der Waals surface area contributed by atoms with Crippen molar-refractivity contribution in [3.8, 4) is 0 Å². The summed E-state index contributed by atoms with van der Waals surface area (Å²) in [5, 5.41) is 12.8. The van der Waals surface area contributed by atoms with Crippen molar-refractivity contribution >= 4 is 23.8 Å². The molecule has 0 aromatic rings. The molecule has 2 aliphatic rings. The average molecular weight is 316 g/mol. The molecule has 0 radical (unpaired) electrons. The Balaban J connectivity index is 1.99. The third-order valence-electron chi connectivity index (χ3n) is 4.43. The second-order valence-electron chi connectivity index (χ2n) is 5.60. The van der Waals surface area contributed by atoms with E-state index < -0.39 is 11.9 Å². The Bertz CT molecular complexity index is 393. The second kappa shape index (κ2) is 7.35. The van der Waals surface area contributed by atoms with Crippen molar-refractivity contribution in [1.82, 2.24) is 10.2 Å². The van der Waals surface area contributed by atoms with E-state index in [2.05, 4.69) is 11.6 Å². The summed E-state index contributed by atoms with van der Waals surface area (Å²) in [6.07, 6.45) is 5.33. The minimum Gasteiger partial charge on any atom is -0.481 e. The first-order valence-electron chi connectivity index (χ1n) is 7.49. The topological polar surface area (TPSA) is 78.9 Å². The maximum atomic E-state index is 12.5. The highest BCUT2D eigenvalue weighted by molar-refractivity contribution is 7.99. The summed E-state index contributed by atoms with van der Waals surface area (Å²) in [6.45, 7) is 2.84. The maximum absolute atomic E-state index is 12.5. The van der Waals surface area contributed by atoms with Gasteiger partial charge in [-0.2, -0.15) is 11.8 Å². The van der Waals surface area contributed by atoms with Crippen molar-refractivity contribution in [2.24, 2.45) is 5.92 Å². The monoisotopic (exact) mass is 316 g/mol. The first kappa shape index (κ1) is 16.4. The van der Waals surface area contributed by atoms with Crippen molar-refractivity contribution in [2.75, 3.05) is 26.0 Å². The molecular formula is C14H24N2O4S. The molecule has 2 rings (SSSR count). The van der Waals surface area contributed by atoms with Gasteiger partial charge in [-0.05, 0) is 26.0 Å². The van der Waals surface area contributed by atoms with Gasteiger partial charge in [0.1, 0.15) is 5.92 Å². The Morgan fingerprint density at radius 2 is 2.14 bits per heavy atom. The molecule has 21 heavy (non-hydrogen) atoms. The smallest absolute Gasteiger partial charge is 0.317 e. The molecule has 1 saturated carbocycles. The number of carbonyl (C=O) groups is 2. The van der Waals surface area contributed by atoms with Crippen LogP contribution in [0.1, 0.15) is 26.2 Å². The number of likely N-dealkylation sites (N-methyl/N-ethyl adjacent to an activating group) is 1. The number of thioether (sulfide) groups is 1. The van der Waals surface area contributed by atoms with Crippen LogP contribution in [0.2, 0.25) is 0 Å². The fourth-order valence-corrected chi connectivity index (χ4v) is 4.16. The molecule has 2 fully saturated rings. The minimum absolute atomic E-state index is 0.162. The van der Waals surface area contributed by atoms with E-state index in [0.29, 0.717) is 18.4 Å². The predicted molar refractivity (Wildman–Crippen MR) is 81.6 cm³/mol. The van der Waals surface area contributed by atoms with Crippen molar-refractivity contribution in [3.63, 3.8) is 0 Å². The number of carboxylic acid groups (broad SMARTS) is 1. The highest BCUT2D eigenvalue weighted by atomic mass is 32.2. The van der Waals surface area contributed by atoms with Gasteiger partial charge in [0.25, 0.3) is 0 Å². The molecule has 2 N–H and O–H groups in total. The zero-order valence-corrected chi connectivity index (χ0v) is 13.4. The lowest BCUT2D eigenvalue weighted by atomic mass is 10.0. The third kappa shape index (κ3) is 3.63. The van der Waals surface area contributed by atoms with Gasteiger partial charge in [0.05, 0.1) is 19.3 Å². The van der Waals surface area contributed by atoms with E-state index in [4.69, 9.17) is 4.74 Å². The summed E-state index contributed by atoms with van der Waals surface area (Å²) in [7, 11) is 0. The standard InChI is InChI=1S/C14H24N2O4S/c1-3-16(11-8-20-7-9(11)13(17)18)14(19)15-10-5-4-6-12(10)21-2/h9-12H,3-8H2,1-2H3,(H,15,19)(H,17,18). The lowest BCUT2D eigenvalue weighted by Gasteiger charge is -2.31. The Morgan fingerprint density at radius 3 is 2.76 bits per heavy atom. The van der Waals surface area contributed by atoms with Crippen LogP contribution >= 0.6 is 11.8 Å². The third-order valence-corrected chi connectivity index (χ3v) is 5.60. The van der Waals surface area contributed by atoms with Crippen LogP contribution in [0.5, 0.6) is 0 Å². The van der Waals surface area contributed by atoms with Gasteiger partial charge in [-0.1, -0.05) is 6.42 Å². The number of urea groups is 1. The van der Waals surface area contributed by atoms with Gasteiger partial charge in [-0.15, -0.1) is 0 Å². The fraction of sp³-hybridized carbons (Fsp3) is 0.857. The molecule has 2 amide bonds. The van der Waals surface area contributed by atoms with Gasteiger partial charge in [-0.3, -0.25) is 4.79 Å². The van der Waals surface area contributed by atoms with E-state index in [-0.39, 0.29) is 24.7 Å². The number of amides is 2. The predicted octanol–water partition coefficient (Wildman–Crippen LogP) is 1.40. The van der Waals surface area contributed by atoms with Crippen LogP contribution < -0.4 is 5.32 Å². The fourth-order valence-electron chi connectivity index (χ4n) is 3.23. The van der Waals surface area contributed by atoms with Crippen molar-refractivity contribution in [1.29, 1.82) is 0 Å². The van der Waals surface area contributed by atoms with Crippen molar-refractivity contribution in [2.45, 2.75) is 43.5 Å². The Morgan fingerprint density at radius 1 is 1.38 bits per heavy atom. The van der Waals surface area contributed by atoms with Crippen molar-refractivity contribution < 1.29 is 19.4 Å². The quantitative estimate of drug-likeness (QED) is 0.801. The first-order valence-corrected chi connectivity index (χ1v) is 8.77. The molecule has 120 valence electrons. The van der Waals surface area contributed by atoms with Crippen LogP contribution in [-0.2, 0) is 9.53 Å².